The second kappa shape index (κ2) is 4.83. The summed E-state index contributed by atoms with van der Waals surface area (Å²) in [5.74, 6) is 0.0773. The van der Waals surface area contributed by atoms with Gasteiger partial charge in [-0.2, -0.15) is 0 Å². The van der Waals surface area contributed by atoms with E-state index in [0.29, 0.717) is 16.8 Å². The van der Waals surface area contributed by atoms with Gasteiger partial charge in [-0.05, 0) is 31.4 Å². The van der Waals surface area contributed by atoms with Gasteiger partial charge in [0.15, 0.2) is 0 Å². The first-order valence-corrected chi connectivity index (χ1v) is 6.02. The van der Waals surface area contributed by atoms with Gasteiger partial charge in [0, 0.05) is 18.8 Å². The maximum Gasteiger partial charge on any atom is 0.255 e. The van der Waals surface area contributed by atoms with Crippen LogP contribution in [0.1, 0.15) is 36.5 Å². The third-order valence-electron chi connectivity index (χ3n) is 2.69. The molecule has 1 aromatic rings. The maximum atomic E-state index is 12.2. The van der Waals surface area contributed by atoms with Crippen molar-refractivity contribution in [2.75, 3.05) is 6.54 Å². The monoisotopic (exact) mass is 238 g/mol. The lowest BCUT2D eigenvalue weighted by molar-refractivity contribution is 0.0742. The van der Waals surface area contributed by atoms with Crippen LogP contribution in [-0.4, -0.2) is 28.4 Å². The Morgan fingerprint density at radius 3 is 2.81 bits per heavy atom. The van der Waals surface area contributed by atoms with Gasteiger partial charge in [-0.3, -0.25) is 4.79 Å². The van der Waals surface area contributed by atoms with E-state index in [4.69, 9.17) is 11.6 Å². The standard InChI is InChI=1S/C12H15ClN2O/c1-2-7-15(10-4-5-10)12(16)9-3-6-11(13)14-8-9/h3,6,8,10H,2,4-5,7H2,1H3. The number of halogens is 1. The van der Waals surface area contributed by atoms with E-state index in [-0.39, 0.29) is 5.91 Å². The van der Waals surface area contributed by atoms with E-state index in [1.54, 1.807) is 18.3 Å². The third-order valence-corrected chi connectivity index (χ3v) is 2.91. The van der Waals surface area contributed by atoms with Crippen LogP contribution in [0.4, 0.5) is 0 Å². The molecule has 86 valence electrons. The molecule has 1 aromatic heterocycles. The zero-order valence-corrected chi connectivity index (χ0v) is 10.1. The Balaban J connectivity index is 2.12. The van der Waals surface area contributed by atoms with Gasteiger partial charge in [0.2, 0.25) is 0 Å². The molecule has 1 saturated carbocycles. The highest BCUT2D eigenvalue weighted by atomic mass is 35.5. The van der Waals surface area contributed by atoms with Crippen LogP contribution >= 0.6 is 11.6 Å². The molecule has 0 aliphatic heterocycles. The second-order valence-electron chi connectivity index (χ2n) is 4.10. The predicted octanol–water partition coefficient (Wildman–Crippen LogP) is 2.75. The minimum atomic E-state index is 0.0773. The van der Waals surface area contributed by atoms with E-state index in [2.05, 4.69) is 11.9 Å². The average Bonchev–Trinajstić information content (AvgIpc) is 3.10. The van der Waals surface area contributed by atoms with Gasteiger partial charge in [0.25, 0.3) is 5.91 Å². The Labute approximate surface area is 100 Å². The Morgan fingerprint density at radius 2 is 2.31 bits per heavy atom. The quantitative estimate of drug-likeness (QED) is 0.756. The molecule has 1 aliphatic carbocycles. The minimum absolute atomic E-state index is 0.0773. The molecule has 0 N–H and O–H groups in total. The van der Waals surface area contributed by atoms with Crippen molar-refractivity contribution in [2.24, 2.45) is 0 Å². The van der Waals surface area contributed by atoms with Crippen LogP contribution in [0.2, 0.25) is 5.15 Å². The summed E-state index contributed by atoms with van der Waals surface area (Å²) < 4.78 is 0. The Morgan fingerprint density at radius 1 is 1.56 bits per heavy atom. The number of carbonyl (C=O) groups excluding carboxylic acids is 1. The molecule has 0 bridgehead atoms. The first kappa shape index (κ1) is 11.4. The number of hydrogen-bond donors (Lipinski definition) is 0. The van der Waals surface area contributed by atoms with Crippen LogP contribution in [-0.2, 0) is 0 Å². The molecular formula is C12H15ClN2O. The highest BCUT2D eigenvalue weighted by Gasteiger charge is 2.32. The van der Waals surface area contributed by atoms with Crippen molar-refractivity contribution < 1.29 is 4.79 Å². The summed E-state index contributed by atoms with van der Waals surface area (Å²) in [4.78, 5) is 18.1. The topological polar surface area (TPSA) is 33.2 Å². The molecule has 0 atom stereocenters. The number of nitrogens with zero attached hydrogens (tertiary/aromatic N) is 2. The molecule has 4 heteroatoms. The zero-order valence-electron chi connectivity index (χ0n) is 9.32. The van der Waals surface area contributed by atoms with Gasteiger partial charge in [0.05, 0.1) is 5.56 Å². The van der Waals surface area contributed by atoms with Crippen molar-refractivity contribution in [3.8, 4) is 0 Å². The Hall–Kier alpha value is -1.09. The summed E-state index contributed by atoms with van der Waals surface area (Å²) in [7, 11) is 0. The van der Waals surface area contributed by atoms with Crippen molar-refractivity contribution in [1.82, 2.24) is 9.88 Å². The molecule has 0 unspecified atom stereocenters. The fourth-order valence-corrected chi connectivity index (χ4v) is 1.86. The van der Waals surface area contributed by atoms with Gasteiger partial charge < -0.3 is 4.90 Å². The highest BCUT2D eigenvalue weighted by molar-refractivity contribution is 6.29. The van der Waals surface area contributed by atoms with E-state index in [9.17, 15) is 4.79 Å². The summed E-state index contributed by atoms with van der Waals surface area (Å²) in [5.41, 5.74) is 0.629. The lowest BCUT2D eigenvalue weighted by Crippen LogP contribution is -2.33. The lowest BCUT2D eigenvalue weighted by atomic mass is 10.2. The lowest BCUT2D eigenvalue weighted by Gasteiger charge is -2.21. The molecule has 0 spiro atoms. The number of pyridine rings is 1. The van der Waals surface area contributed by atoms with Crippen molar-refractivity contribution >= 4 is 17.5 Å². The molecule has 1 heterocycles. The van der Waals surface area contributed by atoms with Crippen molar-refractivity contribution in [2.45, 2.75) is 32.2 Å². The highest BCUT2D eigenvalue weighted by Crippen LogP contribution is 2.28. The number of amides is 1. The van der Waals surface area contributed by atoms with E-state index >= 15 is 0 Å². The molecule has 2 rings (SSSR count). The fraction of sp³-hybridized carbons (Fsp3) is 0.500. The van der Waals surface area contributed by atoms with Crippen molar-refractivity contribution in [3.63, 3.8) is 0 Å². The van der Waals surface area contributed by atoms with Gasteiger partial charge in [-0.1, -0.05) is 18.5 Å². The molecule has 1 aliphatic rings. The van der Waals surface area contributed by atoms with E-state index in [1.807, 2.05) is 4.90 Å². The molecular weight excluding hydrogens is 224 g/mol. The number of hydrogen-bond acceptors (Lipinski definition) is 2. The number of carbonyl (C=O) groups is 1. The molecule has 1 amide bonds. The summed E-state index contributed by atoms with van der Waals surface area (Å²) >= 11 is 5.70. The van der Waals surface area contributed by atoms with Crippen LogP contribution in [0.25, 0.3) is 0 Å². The zero-order chi connectivity index (χ0) is 11.5. The largest absolute Gasteiger partial charge is 0.336 e. The summed E-state index contributed by atoms with van der Waals surface area (Å²) in [6, 6.07) is 3.84. The third kappa shape index (κ3) is 2.53. The Bertz CT molecular complexity index is 373. The summed E-state index contributed by atoms with van der Waals surface area (Å²) in [5, 5.41) is 0.421. The first-order chi connectivity index (χ1) is 7.72. The molecule has 3 nitrogen and oxygen atoms in total. The average molecular weight is 239 g/mol. The molecule has 0 saturated heterocycles. The number of rotatable bonds is 4. The van der Waals surface area contributed by atoms with Crippen molar-refractivity contribution in [3.05, 3.63) is 29.0 Å². The molecule has 1 fully saturated rings. The molecule has 16 heavy (non-hydrogen) atoms. The van der Waals surface area contributed by atoms with E-state index in [0.717, 1.165) is 25.8 Å². The van der Waals surface area contributed by atoms with E-state index in [1.165, 1.54) is 0 Å². The first-order valence-electron chi connectivity index (χ1n) is 5.65. The van der Waals surface area contributed by atoms with Crippen LogP contribution in [0.3, 0.4) is 0 Å². The predicted molar refractivity (Wildman–Crippen MR) is 63.6 cm³/mol. The van der Waals surface area contributed by atoms with Gasteiger partial charge in [-0.15, -0.1) is 0 Å². The smallest absolute Gasteiger partial charge is 0.255 e. The van der Waals surface area contributed by atoms with E-state index < -0.39 is 0 Å². The fourth-order valence-electron chi connectivity index (χ4n) is 1.75. The van der Waals surface area contributed by atoms with Crippen LogP contribution in [0, 0.1) is 0 Å². The summed E-state index contributed by atoms with van der Waals surface area (Å²) in [6.07, 6.45) is 4.80. The van der Waals surface area contributed by atoms with Gasteiger partial charge in [0.1, 0.15) is 5.15 Å². The normalized spacial score (nSPS) is 14.9. The number of aromatic nitrogens is 1. The van der Waals surface area contributed by atoms with Crippen LogP contribution < -0.4 is 0 Å². The summed E-state index contributed by atoms with van der Waals surface area (Å²) in [6.45, 7) is 2.91. The van der Waals surface area contributed by atoms with Gasteiger partial charge in [-0.25, -0.2) is 4.98 Å². The van der Waals surface area contributed by atoms with Crippen molar-refractivity contribution in [1.29, 1.82) is 0 Å². The van der Waals surface area contributed by atoms with Gasteiger partial charge >= 0.3 is 0 Å². The minimum Gasteiger partial charge on any atom is -0.336 e. The molecule has 0 radical (unpaired) electrons. The maximum absolute atomic E-state index is 12.2. The SMILES string of the molecule is CCCN(C(=O)c1ccc(Cl)nc1)C1CC1. The molecule has 0 aromatic carbocycles. The van der Waals surface area contributed by atoms with Crippen LogP contribution in [0.15, 0.2) is 18.3 Å². The van der Waals surface area contributed by atoms with Crippen LogP contribution in [0.5, 0.6) is 0 Å². The Kier molecular flexibility index (Phi) is 3.44. The second-order valence-corrected chi connectivity index (χ2v) is 4.49.